The number of carbonyl (C=O) groups excluding carboxylic acids is 2. The Kier molecular flexibility index (Phi) is 5.88. The molecule has 35 heavy (non-hydrogen) atoms. The molecule has 0 radical (unpaired) electrons. The van der Waals surface area contributed by atoms with Crippen molar-refractivity contribution in [1.29, 1.82) is 0 Å². The molecule has 6 nitrogen and oxygen atoms in total. The maximum absolute atomic E-state index is 13.1. The van der Waals surface area contributed by atoms with Gasteiger partial charge in [0.15, 0.2) is 0 Å². The summed E-state index contributed by atoms with van der Waals surface area (Å²) in [7, 11) is 0. The molecule has 5 rings (SSSR count). The zero-order chi connectivity index (χ0) is 24.7. The van der Waals surface area contributed by atoms with Crippen LogP contribution in [-0.2, 0) is 33.5 Å². The number of para-hydroxylation sites is 1. The highest BCUT2D eigenvalue weighted by atomic mass is 19.4. The molecule has 182 valence electrons. The molecule has 1 aromatic heterocycles. The van der Waals surface area contributed by atoms with Crippen LogP contribution in [0.4, 0.5) is 18.9 Å². The average Bonchev–Trinajstić information content (AvgIpc) is 3.35. The summed E-state index contributed by atoms with van der Waals surface area (Å²) in [6.07, 6.45) is -0.216. The second-order valence-electron chi connectivity index (χ2n) is 8.64. The molecule has 0 unspecified atom stereocenters. The number of anilines is 1. The maximum Gasteiger partial charge on any atom is 0.416 e. The Balaban J connectivity index is 1.56. The van der Waals surface area contributed by atoms with E-state index < -0.39 is 17.6 Å². The lowest BCUT2D eigenvalue weighted by Gasteiger charge is -2.27. The van der Waals surface area contributed by atoms with E-state index in [4.69, 9.17) is 4.74 Å². The Morgan fingerprint density at radius 3 is 2.66 bits per heavy atom. The van der Waals surface area contributed by atoms with Crippen LogP contribution in [0.1, 0.15) is 29.2 Å². The molecule has 2 amide bonds. The molecule has 2 aromatic carbocycles. The van der Waals surface area contributed by atoms with Crippen LogP contribution in [0.15, 0.2) is 42.6 Å². The van der Waals surface area contributed by atoms with Crippen molar-refractivity contribution < 1.29 is 27.5 Å². The summed E-state index contributed by atoms with van der Waals surface area (Å²) >= 11 is 0. The SMILES string of the molecule is CCc1cccc2c(/C=C3/C(=O)Nc4cc(C(F)(F)F)ccc43)cn(CC(=O)N3CCOCC3)c12. The van der Waals surface area contributed by atoms with Crippen LogP contribution in [0.5, 0.6) is 0 Å². The summed E-state index contributed by atoms with van der Waals surface area (Å²) in [6, 6.07) is 9.11. The summed E-state index contributed by atoms with van der Waals surface area (Å²) in [4.78, 5) is 27.5. The molecular weight excluding hydrogens is 459 g/mol. The van der Waals surface area contributed by atoms with Gasteiger partial charge in [-0.3, -0.25) is 9.59 Å². The van der Waals surface area contributed by atoms with Gasteiger partial charge in [0.25, 0.3) is 5.91 Å². The van der Waals surface area contributed by atoms with Gasteiger partial charge < -0.3 is 19.5 Å². The zero-order valence-corrected chi connectivity index (χ0v) is 19.1. The van der Waals surface area contributed by atoms with Crippen molar-refractivity contribution >= 4 is 40.1 Å². The fraction of sp³-hybridized carbons (Fsp3) is 0.308. The van der Waals surface area contributed by atoms with E-state index in [9.17, 15) is 22.8 Å². The normalized spacial score (nSPS) is 17.2. The standard InChI is InChI=1S/C26H24F3N3O3/c1-2-16-4-3-5-19-17(14-32(24(16)19)15-23(33)31-8-10-35-11-9-31)12-21-20-7-6-18(26(27,28)29)13-22(20)30-25(21)34/h3-7,12-14H,2,8-11,15H2,1H3,(H,30,34)/b21-12+. The number of benzene rings is 2. The average molecular weight is 483 g/mol. The third kappa shape index (κ3) is 4.32. The van der Waals surface area contributed by atoms with Crippen molar-refractivity contribution in [3.8, 4) is 0 Å². The molecule has 9 heteroatoms. The molecule has 3 aromatic rings. The second kappa shape index (κ2) is 8.88. The largest absolute Gasteiger partial charge is 0.416 e. The molecule has 0 saturated carbocycles. The van der Waals surface area contributed by atoms with Gasteiger partial charge in [-0.05, 0) is 30.2 Å². The highest BCUT2D eigenvalue weighted by molar-refractivity contribution is 6.35. The van der Waals surface area contributed by atoms with E-state index in [1.165, 1.54) is 6.07 Å². The summed E-state index contributed by atoms with van der Waals surface area (Å²) in [6.45, 7) is 4.31. The van der Waals surface area contributed by atoms with E-state index in [2.05, 4.69) is 5.32 Å². The van der Waals surface area contributed by atoms with Crippen LogP contribution >= 0.6 is 0 Å². The molecule has 0 spiro atoms. The van der Waals surface area contributed by atoms with E-state index in [1.54, 1.807) is 11.0 Å². The molecule has 0 aliphatic carbocycles. The minimum absolute atomic E-state index is 0.0149. The van der Waals surface area contributed by atoms with Crippen molar-refractivity contribution in [2.45, 2.75) is 26.1 Å². The molecule has 0 bridgehead atoms. The highest BCUT2D eigenvalue weighted by Crippen LogP contribution is 2.39. The van der Waals surface area contributed by atoms with Crippen molar-refractivity contribution in [3.63, 3.8) is 0 Å². The molecule has 1 fully saturated rings. The summed E-state index contributed by atoms with van der Waals surface area (Å²) in [5.41, 5.74) is 2.72. The number of hydrogen-bond donors (Lipinski definition) is 1. The quantitative estimate of drug-likeness (QED) is 0.553. The van der Waals surface area contributed by atoms with E-state index in [-0.39, 0.29) is 23.7 Å². The number of hydrogen-bond acceptors (Lipinski definition) is 3. The Morgan fingerprint density at radius 2 is 1.94 bits per heavy atom. The Hall–Kier alpha value is -3.59. The first-order valence-corrected chi connectivity index (χ1v) is 11.5. The minimum Gasteiger partial charge on any atom is -0.378 e. The molecular formula is C26H24F3N3O3. The molecule has 2 aliphatic rings. The predicted molar refractivity (Wildman–Crippen MR) is 127 cm³/mol. The van der Waals surface area contributed by atoms with Gasteiger partial charge in [-0.2, -0.15) is 13.2 Å². The monoisotopic (exact) mass is 483 g/mol. The van der Waals surface area contributed by atoms with Crippen molar-refractivity contribution in [3.05, 3.63) is 64.8 Å². The van der Waals surface area contributed by atoms with E-state index in [0.717, 1.165) is 40.6 Å². The lowest BCUT2D eigenvalue weighted by Crippen LogP contribution is -2.42. The van der Waals surface area contributed by atoms with Gasteiger partial charge in [-0.25, -0.2) is 0 Å². The molecule has 0 atom stereocenters. The Labute approximate surface area is 200 Å². The second-order valence-corrected chi connectivity index (χ2v) is 8.64. The van der Waals surface area contributed by atoms with E-state index in [0.29, 0.717) is 31.9 Å². The highest BCUT2D eigenvalue weighted by Gasteiger charge is 2.33. The first kappa shape index (κ1) is 23.2. The van der Waals surface area contributed by atoms with Crippen molar-refractivity contribution in [2.75, 3.05) is 31.6 Å². The number of nitrogens with zero attached hydrogens (tertiary/aromatic N) is 2. The minimum atomic E-state index is -4.50. The lowest BCUT2D eigenvalue weighted by molar-refractivity contribution is -0.137. The number of aryl methyl sites for hydroxylation is 1. The third-order valence-electron chi connectivity index (χ3n) is 6.49. The Morgan fingerprint density at radius 1 is 1.17 bits per heavy atom. The van der Waals surface area contributed by atoms with Gasteiger partial charge in [0.05, 0.1) is 24.3 Å². The molecule has 1 N–H and O–H groups in total. The van der Waals surface area contributed by atoms with E-state index in [1.807, 2.05) is 35.9 Å². The van der Waals surface area contributed by atoms with Gasteiger partial charge in [0, 0.05) is 47.1 Å². The van der Waals surface area contributed by atoms with Crippen LogP contribution in [-0.4, -0.2) is 47.6 Å². The first-order valence-electron chi connectivity index (χ1n) is 11.5. The zero-order valence-electron chi connectivity index (χ0n) is 19.1. The fourth-order valence-corrected chi connectivity index (χ4v) is 4.72. The summed E-state index contributed by atoms with van der Waals surface area (Å²) < 4.78 is 46.6. The fourth-order valence-electron chi connectivity index (χ4n) is 4.72. The van der Waals surface area contributed by atoms with E-state index >= 15 is 0 Å². The summed E-state index contributed by atoms with van der Waals surface area (Å²) in [5, 5.41) is 3.42. The number of carbonyl (C=O) groups is 2. The van der Waals surface area contributed by atoms with Crippen LogP contribution in [0.3, 0.4) is 0 Å². The number of aromatic nitrogens is 1. The summed E-state index contributed by atoms with van der Waals surface area (Å²) in [5.74, 6) is -0.477. The lowest BCUT2D eigenvalue weighted by atomic mass is 10.0. The van der Waals surface area contributed by atoms with Crippen LogP contribution in [0.2, 0.25) is 0 Å². The number of amides is 2. The number of morpholine rings is 1. The topological polar surface area (TPSA) is 63.6 Å². The number of nitrogens with one attached hydrogen (secondary N) is 1. The molecule has 1 saturated heterocycles. The third-order valence-corrected chi connectivity index (χ3v) is 6.49. The molecule has 3 heterocycles. The van der Waals surface area contributed by atoms with Crippen LogP contribution < -0.4 is 5.32 Å². The molecule has 2 aliphatic heterocycles. The van der Waals surface area contributed by atoms with Gasteiger partial charge in [0.1, 0.15) is 6.54 Å². The Bertz CT molecular complexity index is 1350. The number of halogens is 3. The van der Waals surface area contributed by atoms with Gasteiger partial charge in [-0.15, -0.1) is 0 Å². The van der Waals surface area contributed by atoms with Crippen molar-refractivity contribution in [1.82, 2.24) is 9.47 Å². The van der Waals surface area contributed by atoms with Gasteiger partial charge >= 0.3 is 6.18 Å². The van der Waals surface area contributed by atoms with Gasteiger partial charge in [-0.1, -0.05) is 31.2 Å². The number of rotatable bonds is 4. The number of fused-ring (bicyclic) bond motifs is 2. The van der Waals surface area contributed by atoms with Crippen molar-refractivity contribution in [2.24, 2.45) is 0 Å². The van der Waals surface area contributed by atoms with Gasteiger partial charge in [0.2, 0.25) is 5.91 Å². The predicted octanol–water partition coefficient (Wildman–Crippen LogP) is 4.57. The van der Waals surface area contributed by atoms with Crippen LogP contribution in [0.25, 0.3) is 22.6 Å². The maximum atomic E-state index is 13.1. The van der Waals surface area contributed by atoms with Crippen LogP contribution in [0, 0.1) is 0 Å². The number of alkyl halides is 3. The smallest absolute Gasteiger partial charge is 0.378 e. The number of ether oxygens (including phenoxy) is 1. The first-order chi connectivity index (χ1) is 16.8.